The second kappa shape index (κ2) is 5.69. The van der Waals surface area contributed by atoms with Gasteiger partial charge in [0, 0.05) is 11.1 Å². The van der Waals surface area contributed by atoms with Crippen molar-refractivity contribution >= 4 is 17.7 Å². The SMILES string of the molecule is Cc1ccnc(Sc2ccc(CC(=O)O)cc2)c1. The smallest absolute Gasteiger partial charge is 0.307 e. The Morgan fingerprint density at radius 1 is 1.28 bits per heavy atom. The number of pyridine rings is 1. The minimum atomic E-state index is -0.809. The highest BCUT2D eigenvalue weighted by Gasteiger charge is 2.02. The number of aryl methyl sites for hydroxylation is 1. The van der Waals surface area contributed by atoms with Crippen LogP contribution in [0.3, 0.4) is 0 Å². The number of benzene rings is 1. The molecule has 0 radical (unpaired) electrons. The van der Waals surface area contributed by atoms with Gasteiger partial charge >= 0.3 is 5.97 Å². The molecule has 0 spiro atoms. The molecule has 2 rings (SSSR count). The van der Waals surface area contributed by atoms with Crippen LogP contribution >= 0.6 is 11.8 Å². The van der Waals surface area contributed by atoms with Crippen molar-refractivity contribution in [2.75, 3.05) is 0 Å². The molecule has 0 saturated heterocycles. The van der Waals surface area contributed by atoms with Gasteiger partial charge in [-0.05, 0) is 42.3 Å². The molecule has 1 aromatic carbocycles. The van der Waals surface area contributed by atoms with E-state index in [1.54, 1.807) is 18.0 Å². The van der Waals surface area contributed by atoms with Gasteiger partial charge in [-0.1, -0.05) is 23.9 Å². The quantitative estimate of drug-likeness (QED) is 0.916. The molecule has 0 bridgehead atoms. The second-order valence-electron chi connectivity index (χ2n) is 3.99. The first-order chi connectivity index (χ1) is 8.63. The number of hydrogen-bond acceptors (Lipinski definition) is 3. The van der Waals surface area contributed by atoms with Crippen molar-refractivity contribution in [3.05, 3.63) is 53.7 Å². The molecule has 0 aliphatic rings. The predicted molar refractivity (Wildman–Crippen MR) is 70.9 cm³/mol. The molecule has 1 heterocycles. The van der Waals surface area contributed by atoms with Crippen LogP contribution in [0.2, 0.25) is 0 Å². The fourth-order valence-corrected chi connectivity index (χ4v) is 2.41. The van der Waals surface area contributed by atoms with Crippen LogP contribution in [0.25, 0.3) is 0 Å². The van der Waals surface area contributed by atoms with Crippen LogP contribution < -0.4 is 0 Å². The molecule has 0 aliphatic heterocycles. The third-order valence-electron chi connectivity index (χ3n) is 2.39. The van der Waals surface area contributed by atoms with Crippen LogP contribution in [0, 0.1) is 6.92 Å². The van der Waals surface area contributed by atoms with Crippen molar-refractivity contribution in [1.82, 2.24) is 4.98 Å². The van der Waals surface area contributed by atoms with Gasteiger partial charge in [-0.15, -0.1) is 0 Å². The summed E-state index contributed by atoms with van der Waals surface area (Å²) < 4.78 is 0. The average molecular weight is 259 g/mol. The molecule has 1 aromatic heterocycles. The number of carbonyl (C=O) groups is 1. The Morgan fingerprint density at radius 3 is 2.61 bits per heavy atom. The van der Waals surface area contributed by atoms with Crippen molar-refractivity contribution in [2.45, 2.75) is 23.3 Å². The first-order valence-electron chi connectivity index (χ1n) is 5.55. The number of carboxylic acids is 1. The van der Waals surface area contributed by atoms with E-state index in [0.717, 1.165) is 15.5 Å². The van der Waals surface area contributed by atoms with Gasteiger partial charge in [-0.2, -0.15) is 0 Å². The molecule has 0 unspecified atom stereocenters. The van der Waals surface area contributed by atoms with Crippen LogP contribution in [0.4, 0.5) is 0 Å². The molecule has 2 aromatic rings. The third kappa shape index (κ3) is 3.60. The summed E-state index contributed by atoms with van der Waals surface area (Å²) in [6, 6.07) is 11.5. The summed E-state index contributed by atoms with van der Waals surface area (Å²) >= 11 is 1.57. The number of hydrogen-bond donors (Lipinski definition) is 1. The molecule has 0 atom stereocenters. The van der Waals surface area contributed by atoms with E-state index in [-0.39, 0.29) is 6.42 Å². The number of rotatable bonds is 4. The highest BCUT2D eigenvalue weighted by atomic mass is 32.2. The van der Waals surface area contributed by atoms with E-state index in [2.05, 4.69) is 4.98 Å². The summed E-state index contributed by atoms with van der Waals surface area (Å²) in [5.74, 6) is -0.809. The predicted octanol–water partition coefficient (Wildman–Crippen LogP) is 3.17. The third-order valence-corrected chi connectivity index (χ3v) is 3.33. The zero-order chi connectivity index (χ0) is 13.0. The van der Waals surface area contributed by atoms with Crippen LogP contribution in [-0.4, -0.2) is 16.1 Å². The van der Waals surface area contributed by atoms with Crippen LogP contribution in [-0.2, 0) is 11.2 Å². The van der Waals surface area contributed by atoms with Crippen molar-refractivity contribution in [2.24, 2.45) is 0 Å². The van der Waals surface area contributed by atoms with E-state index in [0.29, 0.717) is 0 Å². The number of aromatic nitrogens is 1. The van der Waals surface area contributed by atoms with Crippen LogP contribution in [0.15, 0.2) is 52.5 Å². The van der Waals surface area contributed by atoms with Crippen molar-refractivity contribution in [3.8, 4) is 0 Å². The van der Waals surface area contributed by atoms with E-state index < -0.39 is 5.97 Å². The Morgan fingerprint density at radius 2 is 2.00 bits per heavy atom. The summed E-state index contributed by atoms with van der Waals surface area (Å²) in [7, 11) is 0. The van der Waals surface area contributed by atoms with Crippen LogP contribution in [0.1, 0.15) is 11.1 Å². The van der Waals surface area contributed by atoms with Gasteiger partial charge in [0.2, 0.25) is 0 Å². The average Bonchev–Trinajstić information content (AvgIpc) is 2.31. The number of aliphatic carboxylic acids is 1. The Bertz CT molecular complexity index is 552. The molecule has 3 nitrogen and oxygen atoms in total. The van der Waals surface area contributed by atoms with E-state index in [1.165, 1.54) is 5.56 Å². The van der Waals surface area contributed by atoms with E-state index in [9.17, 15) is 4.79 Å². The summed E-state index contributed by atoms with van der Waals surface area (Å²) in [6.07, 6.45) is 1.85. The standard InChI is InChI=1S/C14H13NO2S/c1-10-6-7-15-13(8-10)18-12-4-2-11(3-5-12)9-14(16)17/h2-8H,9H2,1H3,(H,16,17). The molecule has 1 N–H and O–H groups in total. The molecule has 0 saturated carbocycles. The van der Waals surface area contributed by atoms with Gasteiger partial charge in [0.25, 0.3) is 0 Å². The number of nitrogens with zero attached hydrogens (tertiary/aromatic N) is 1. The largest absolute Gasteiger partial charge is 0.481 e. The second-order valence-corrected chi connectivity index (χ2v) is 5.08. The zero-order valence-corrected chi connectivity index (χ0v) is 10.8. The maximum Gasteiger partial charge on any atom is 0.307 e. The Hall–Kier alpha value is -1.81. The molecule has 0 fully saturated rings. The van der Waals surface area contributed by atoms with Crippen molar-refractivity contribution < 1.29 is 9.90 Å². The normalized spacial score (nSPS) is 10.3. The highest BCUT2D eigenvalue weighted by Crippen LogP contribution is 2.26. The first kappa shape index (κ1) is 12.6. The fraction of sp³-hybridized carbons (Fsp3) is 0.143. The van der Waals surface area contributed by atoms with E-state index in [4.69, 9.17) is 5.11 Å². The van der Waals surface area contributed by atoms with Crippen LogP contribution in [0.5, 0.6) is 0 Å². The monoisotopic (exact) mass is 259 g/mol. The van der Waals surface area contributed by atoms with Gasteiger partial charge in [0.05, 0.1) is 6.42 Å². The Kier molecular flexibility index (Phi) is 3.99. The van der Waals surface area contributed by atoms with Gasteiger partial charge in [-0.3, -0.25) is 4.79 Å². The Labute approximate surface area is 110 Å². The summed E-state index contributed by atoms with van der Waals surface area (Å²) in [5, 5.41) is 9.63. The summed E-state index contributed by atoms with van der Waals surface area (Å²) in [5.41, 5.74) is 1.99. The molecule has 18 heavy (non-hydrogen) atoms. The van der Waals surface area contributed by atoms with Crippen molar-refractivity contribution in [3.63, 3.8) is 0 Å². The van der Waals surface area contributed by atoms with Gasteiger partial charge in [0.15, 0.2) is 0 Å². The molecular formula is C14H13NO2S. The van der Waals surface area contributed by atoms with Gasteiger partial charge in [0.1, 0.15) is 5.03 Å². The Balaban J connectivity index is 2.08. The van der Waals surface area contributed by atoms with Gasteiger partial charge in [-0.25, -0.2) is 4.98 Å². The lowest BCUT2D eigenvalue weighted by molar-refractivity contribution is -0.136. The minimum Gasteiger partial charge on any atom is -0.481 e. The topological polar surface area (TPSA) is 50.2 Å². The molecule has 4 heteroatoms. The van der Waals surface area contributed by atoms with Gasteiger partial charge < -0.3 is 5.11 Å². The number of carboxylic acid groups (broad SMARTS) is 1. The molecule has 92 valence electrons. The van der Waals surface area contributed by atoms with Crippen molar-refractivity contribution in [1.29, 1.82) is 0 Å². The fourth-order valence-electron chi connectivity index (χ4n) is 1.53. The lowest BCUT2D eigenvalue weighted by atomic mass is 10.2. The molecular weight excluding hydrogens is 246 g/mol. The summed E-state index contributed by atoms with van der Waals surface area (Å²) in [6.45, 7) is 2.03. The lowest BCUT2D eigenvalue weighted by Gasteiger charge is -2.03. The first-order valence-corrected chi connectivity index (χ1v) is 6.36. The highest BCUT2D eigenvalue weighted by molar-refractivity contribution is 7.99. The minimum absolute atomic E-state index is 0.0631. The maximum atomic E-state index is 10.6. The summed E-state index contributed by atoms with van der Waals surface area (Å²) in [4.78, 5) is 15.9. The maximum absolute atomic E-state index is 10.6. The lowest BCUT2D eigenvalue weighted by Crippen LogP contribution is -1.99. The molecule has 0 aliphatic carbocycles. The molecule has 0 amide bonds. The van der Waals surface area contributed by atoms with E-state index in [1.807, 2.05) is 43.3 Å². The zero-order valence-electron chi connectivity index (χ0n) is 9.96. The van der Waals surface area contributed by atoms with E-state index >= 15 is 0 Å².